The first-order valence-corrected chi connectivity index (χ1v) is 7.72. The van der Waals surface area contributed by atoms with Gasteiger partial charge in [0, 0.05) is 25.9 Å². The van der Waals surface area contributed by atoms with Crippen LogP contribution in [0.25, 0.3) is 0 Å². The van der Waals surface area contributed by atoms with Crippen LogP contribution in [0.15, 0.2) is 0 Å². The molecule has 3 nitrogen and oxygen atoms in total. The third kappa shape index (κ3) is 2.45. The maximum Gasteiger partial charge on any atom is 0.0685 e. The summed E-state index contributed by atoms with van der Waals surface area (Å²) in [6.07, 6.45) is 8.96. The maximum absolute atomic E-state index is 6.06. The Hall–Kier alpha value is -0.120. The lowest BCUT2D eigenvalue weighted by Crippen LogP contribution is -2.52. The molecule has 1 saturated carbocycles. The Labute approximate surface area is 111 Å². The smallest absolute Gasteiger partial charge is 0.0685 e. The molecule has 104 valence electrons. The monoisotopic (exact) mass is 253 g/mol. The zero-order valence-electron chi connectivity index (χ0n) is 11.6. The highest BCUT2D eigenvalue weighted by Gasteiger charge is 2.45. The molecular weight excluding hydrogens is 226 g/mol. The summed E-state index contributed by atoms with van der Waals surface area (Å²) in [6.45, 7) is 2.89. The summed E-state index contributed by atoms with van der Waals surface area (Å²) in [4.78, 5) is 0. The zero-order valence-corrected chi connectivity index (χ0v) is 11.6. The van der Waals surface area contributed by atoms with Crippen LogP contribution >= 0.6 is 0 Å². The summed E-state index contributed by atoms with van der Waals surface area (Å²) in [7, 11) is 2.14. The fraction of sp³-hybridized carbons (Fsp3) is 1.00. The number of hydrogen-bond donors (Lipinski definition) is 1. The second kappa shape index (κ2) is 5.48. The van der Waals surface area contributed by atoms with Crippen molar-refractivity contribution < 1.29 is 9.47 Å². The zero-order chi connectivity index (χ0) is 12.4. The average Bonchev–Trinajstić information content (AvgIpc) is 2.39. The Morgan fingerprint density at radius 3 is 2.39 bits per heavy atom. The molecule has 0 aromatic rings. The maximum atomic E-state index is 6.06. The summed E-state index contributed by atoms with van der Waals surface area (Å²) < 4.78 is 11.6. The van der Waals surface area contributed by atoms with Gasteiger partial charge >= 0.3 is 0 Å². The Balaban J connectivity index is 1.63. The van der Waals surface area contributed by atoms with Gasteiger partial charge < -0.3 is 14.8 Å². The summed E-state index contributed by atoms with van der Waals surface area (Å²) in [5, 5.41) is 3.62. The Morgan fingerprint density at radius 2 is 1.78 bits per heavy atom. The van der Waals surface area contributed by atoms with Crippen LogP contribution in [-0.2, 0) is 9.47 Å². The van der Waals surface area contributed by atoms with Gasteiger partial charge in [0.25, 0.3) is 0 Å². The van der Waals surface area contributed by atoms with E-state index in [1.54, 1.807) is 0 Å². The molecule has 1 aliphatic carbocycles. The van der Waals surface area contributed by atoms with E-state index in [9.17, 15) is 0 Å². The molecule has 0 amide bonds. The van der Waals surface area contributed by atoms with Crippen LogP contribution in [0.5, 0.6) is 0 Å². The SMILES string of the molecule is CNC(C1CCOCC1)C1CCOC2(CCC2)C1. The Morgan fingerprint density at radius 1 is 1.06 bits per heavy atom. The molecule has 3 heteroatoms. The second-order valence-electron chi connectivity index (χ2n) is 6.40. The van der Waals surface area contributed by atoms with Crippen LogP contribution < -0.4 is 5.32 Å². The molecule has 0 radical (unpaired) electrons. The van der Waals surface area contributed by atoms with Gasteiger partial charge in [0.15, 0.2) is 0 Å². The quantitative estimate of drug-likeness (QED) is 0.837. The molecule has 2 aliphatic heterocycles. The van der Waals surface area contributed by atoms with E-state index in [0.717, 1.165) is 31.7 Å². The number of nitrogens with one attached hydrogen (secondary N) is 1. The van der Waals surface area contributed by atoms with Gasteiger partial charge in [-0.05, 0) is 63.8 Å². The van der Waals surface area contributed by atoms with Gasteiger partial charge in [-0.15, -0.1) is 0 Å². The number of ether oxygens (including phenoxy) is 2. The summed E-state index contributed by atoms with van der Waals surface area (Å²) >= 11 is 0. The standard InChI is InChI=1S/C15H27NO2/c1-16-14(12-3-8-17-9-4-12)13-5-10-18-15(11-13)6-2-7-15/h12-14,16H,2-11H2,1H3. The van der Waals surface area contributed by atoms with Crippen LogP contribution in [0, 0.1) is 11.8 Å². The fourth-order valence-corrected chi connectivity index (χ4v) is 4.22. The van der Waals surface area contributed by atoms with Crippen LogP contribution in [0.1, 0.15) is 44.9 Å². The van der Waals surface area contributed by atoms with E-state index in [1.807, 2.05) is 0 Å². The first-order valence-electron chi connectivity index (χ1n) is 7.72. The largest absolute Gasteiger partial charge is 0.381 e. The van der Waals surface area contributed by atoms with Gasteiger partial charge in [0.2, 0.25) is 0 Å². The topological polar surface area (TPSA) is 30.5 Å². The van der Waals surface area contributed by atoms with Crippen molar-refractivity contribution in [2.75, 3.05) is 26.9 Å². The predicted octanol–water partition coefficient (Wildman–Crippen LogP) is 2.35. The molecule has 18 heavy (non-hydrogen) atoms. The Bertz CT molecular complexity index is 272. The normalized spacial score (nSPS) is 34.2. The lowest BCUT2D eigenvalue weighted by Gasteiger charge is -2.50. The number of hydrogen-bond acceptors (Lipinski definition) is 3. The van der Waals surface area contributed by atoms with Crippen molar-refractivity contribution in [3.05, 3.63) is 0 Å². The molecule has 2 unspecified atom stereocenters. The van der Waals surface area contributed by atoms with Crippen molar-refractivity contribution in [1.82, 2.24) is 5.32 Å². The molecule has 1 N–H and O–H groups in total. The minimum Gasteiger partial charge on any atom is -0.381 e. The number of rotatable bonds is 3. The summed E-state index contributed by atoms with van der Waals surface area (Å²) in [5.41, 5.74) is 0.281. The van der Waals surface area contributed by atoms with Gasteiger partial charge in [0.1, 0.15) is 0 Å². The van der Waals surface area contributed by atoms with Gasteiger partial charge in [-0.2, -0.15) is 0 Å². The van der Waals surface area contributed by atoms with E-state index in [2.05, 4.69) is 12.4 Å². The fourth-order valence-electron chi connectivity index (χ4n) is 4.22. The highest BCUT2D eigenvalue weighted by Crippen LogP contribution is 2.46. The molecule has 2 atom stereocenters. The second-order valence-corrected chi connectivity index (χ2v) is 6.40. The summed E-state index contributed by atoms with van der Waals surface area (Å²) in [5.74, 6) is 1.62. The molecule has 1 spiro atoms. The van der Waals surface area contributed by atoms with Gasteiger partial charge in [-0.3, -0.25) is 0 Å². The van der Waals surface area contributed by atoms with Crippen molar-refractivity contribution in [1.29, 1.82) is 0 Å². The van der Waals surface area contributed by atoms with E-state index in [0.29, 0.717) is 6.04 Å². The molecule has 2 heterocycles. The first-order chi connectivity index (χ1) is 8.83. The van der Waals surface area contributed by atoms with Crippen molar-refractivity contribution in [2.24, 2.45) is 11.8 Å². The van der Waals surface area contributed by atoms with Crippen molar-refractivity contribution in [3.63, 3.8) is 0 Å². The molecule has 0 bridgehead atoms. The molecule has 3 aliphatic rings. The van der Waals surface area contributed by atoms with E-state index in [4.69, 9.17) is 9.47 Å². The Kier molecular flexibility index (Phi) is 3.92. The lowest BCUT2D eigenvalue weighted by molar-refractivity contribution is -0.150. The predicted molar refractivity (Wildman–Crippen MR) is 71.6 cm³/mol. The van der Waals surface area contributed by atoms with E-state index in [-0.39, 0.29) is 5.60 Å². The molecule has 3 rings (SSSR count). The van der Waals surface area contributed by atoms with Gasteiger partial charge in [-0.1, -0.05) is 0 Å². The minimum absolute atomic E-state index is 0.281. The van der Waals surface area contributed by atoms with Gasteiger partial charge in [-0.25, -0.2) is 0 Å². The van der Waals surface area contributed by atoms with E-state index >= 15 is 0 Å². The molecule has 3 fully saturated rings. The first kappa shape index (κ1) is 12.9. The molecule has 2 saturated heterocycles. The lowest BCUT2D eigenvalue weighted by atomic mass is 9.68. The molecule has 0 aromatic heterocycles. The highest BCUT2D eigenvalue weighted by molar-refractivity contribution is 4.97. The van der Waals surface area contributed by atoms with Gasteiger partial charge in [0.05, 0.1) is 5.60 Å². The molecular formula is C15H27NO2. The van der Waals surface area contributed by atoms with Crippen molar-refractivity contribution in [3.8, 4) is 0 Å². The molecule has 0 aromatic carbocycles. The van der Waals surface area contributed by atoms with E-state index in [1.165, 1.54) is 44.9 Å². The van der Waals surface area contributed by atoms with Crippen LogP contribution in [0.4, 0.5) is 0 Å². The van der Waals surface area contributed by atoms with Crippen molar-refractivity contribution in [2.45, 2.75) is 56.6 Å². The van der Waals surface area contributed by atoms with Crippen LogP contribution in [-0.4, -0.2) is 38.5 Å². The van der Waals surface area contributed by atoms with Crippen LogP contribution in [0.3, 0.4) is 0 Å². The van der Waals surface area contributed by atoms with E-state index < -0.39 is 0 Å². The summed E-state index contributed by atoms with van der Waals surface area (Å²) in [6, 6.07) is 0.676. The average molecular weight is 253 g/mol. The van der Waals surface area contributed by atoms with Crippen molar-refractivity contribution >= 4 is 0 Å². The third-order valence-corrected chi connectivity index (χ3v) is 5.41. The third-order valence-electron chi connectivity index (χ3n) is 5.41. The minimum atomic E-state index is 0.281. The van der Waals surface area contributed by atoms with Crippen LogP contribution in [0.2, 0.25) is 0 Å². The highest BCUT2D eigenvalue weighted by atomic mass is 16.5.